The fourth-order valence-electron chi connectivity index (χ4n) is 1.07. The second-order valence-electron chi connectivity index (χ2n) is 3.22. The van der Waals surface area contributed by atoms with Gasteiger partial charge < -0.3 is 5.11 Å². The van der Waals surface area contributed by atoms with Crippen molar-refractivity contribution < 1.29 is 10.9 Å². The van der Waals surface area contributed by atoms with Crippen LogP contribution in [0.15, 0.2) is 12.1 Å². The molecule has 2 heteroatoms. The van der Waals surface area contributed by atoms with Crippen molar-refractivity contribution in [3.05, 3.63) is 29.1 Å². The van der Waals surface area contributed by atoms with E-state index in [1.165, 1.54) is 13.0 Å². The van der Waals surface area contributed by atoms with Gasteiger partial charge in [-0.2, -0.15) is 0 Å². The molecule has 1 nitrogen and oxygen atoms in total. The summed E-state index contributed by atoms with van der Waals surface area (Å²) in [6, 6.07) is 1.18. The molecule has 0 aliphatic rings. The second-order valence-corrected chi connectivity index (χ2v) is 3.22. The van der Waals surface area contributed by atoms with Crippen molar-refractivity contribution in [1.29, 1.82) is 0 Å². The number of aromatic hydroxyl groups is 1. The van der Waals surface area contributed by atoms with Crippen molar-refractivity contribution in [1.82, 2.24) is 0 Å². The monoisotopic (exact) mass is 169 g/mol. The fraction of sp³-hybridized carbons (Fsp3) is 0.400. The van der Waals surface area contributed by atoms with Crippen LogP contribution in [0.3, 0.4) is 0 Å². The zero-order valence-corrected chi connectivity index (χ0v) is 7.48. The Hall–Kier alpha value is -1.05. The summed E-state index contributed by atoms with van der Waals surface area (Å²) in [4.78, 5) is 0. The van der Waals surface area contributed by atoms with Crippen LogP contribution < -0.4 is 0 Å². The number of benzene rings is 1. The molecule has 0 atom stereocenters. The van der Waals surface area contributed by atoms with Crippen LogP contribution in [0.2, 0.25) is 0 Å². The largest absolute Gasteiger partial charge is 0.508 e. The predicted molar refractivity (Wildman–Crippen MR) is 46.9 cm³/mol. The maximum Gasteiger partial charge on any atom is 0.126 e. The molecule has 0 spiro atoms. The molecule has 1 N–H and O–H groups in total. The van der Waals surface area contributed by atoms with Gasteiger partial charge in [0.25, 0.3) is 0 Å². The van der Waals surface area contributed by atoms with Gasteiger partial charge in [0.1, 0.15) is 11.6 Å². The highest BCUT2D eigenvalue weighted by molar-refractivity contribution is 5.38. The summed E-state index contributed by atoms with van der Waals surface area (Å²) in [5, 5.41) is 9.48. The standard InChI is InChI=1S/C10H13FO/c1-6(2)8-5-9(11)7(3)4-10(8)12/h4-6,12H,1-3H3/i5D. The van der Waals surface area contributed by atoms with Crippen molar-refractivity contribution in [3.63, 3.8) is 0 Å². The number of rotatable bonds is 1. The number of hydrogen-bond acceptors (Lipinski definition) is 1. The average Bonchev–Trinajstić information content (AvgIpc) is 1.99. The molecule has 0 aromatic heterocycles. The molecule has 0 saturated heterocycles. The lowest BCUT2D eigenvalue weighted by Crippen LogP contribution is -1.91. The lowest BCUT2D eigenvalue weighted by atomic mass is 10.0. The Labute approximate surface area is 73.3 Å². The van der Waals surface area contributed by atoms with E-state index in [1.807, 2.05) is 13.8 Å². The number of phenols is 1. The van der Waals surface area contributed by atoms with Crippen molar-refractivity contribution in [3.8, 4) is 5.75 Å². The number of phenolic OH excluding ortho intramolecular Hbond substituents is 1. The lowest BCUT2D eigenvalue weighted by Gasteiger charge is -2.09. The molecule has 12 heavy (non-hydrogen) atoms. The van der Waals surface area contributed by atoms with E-state index in [0.29, 0.717) is 11.1 Å². The van der Waals surface area contributed by atoms with Crippen molar-refractivity contribution >= 4 is 0 Å². The van der Waals surface area contributed by atoms with E-state index in [9.17, 15) is 9.50 Å². The maximum absolute atomic E-state index is 13.2. The minimum atomic E-state index is -0.540. The van der Waals surface area contributed by atoms with Gasteiger partial charge in [-0.3, -0.25) is 0 Å². The van der Waals surface area contributed by atoms with Gasteiger partial charge in [0, 0.05) is 0 Å². The smallest absolute Gasteiger partial charge is 0.126 e. The Kier molecular flexibility index (Phi) is 1.98. The summed E-state index contributed by atoms with van der Waals surface area (Å²) in [6.07, 6.45) is 0. The molecule has 0 amide bonds. The van der Waals surface area contributed by atoms with Crippen LogP contribution in [0.1, 0.15) is 32.3 Å². The molecule has 1 aromatic rings. The Morgan fingerprint density at radius 1 is 1.58 bits per heavy atom. The molecule has 66 valence electrons. The molecule has 0 radical (unpaired) electrons. The third-order valence-corrected chi connectivity index (χ3v) is 1.80. The van der Waals surface area contributed by atoms with Gasteiger partial charge in [0.2, 0.25) is 0 Å². The van der Waals surface area contributed by atoms with Gasteiger partial charge in [-0.15, -0.1) is 0 Å². The molecular weight excluding hydrogens is 155 g/mol. The van der Waals surface area contributed by atoms with Crippen LogP contribution in [-0.2, 0) is 0 Å². The molecular formula is C10H13FO. The first-order valence-electron chi connectivity index (χ1n) is 4.43. The van der Waals surface area contributed by atoms with Crippen LogP contribution in [0.4, 0.5) is 4.39 Å². The number of hydrogen-bond donors (Lipinski definition) is 1. The van der Waals surface area contributed by atoms with Crippen molar-refractivity contribution in [2.45, 2.75) is 26.7 Å². The fourth-order valence-corrected chi connectivity index (χ4v) is 1.07. The van der Waals surface area contributed by atoms with E-state index in [-0.39, 0.29) is 17.7 Å². The lowest BCUT2D eigenvalue weighted by molar-refractivity contribution is 0.461. The van der Waals surface area contributed by atoms with Crippen molar-refractivity contribution in [2.24, 2.45) is 0 Å². The first-order chi connectivity index (χ1) is 5.95. The van der Waals surface area contributed by atoms with E-state index in [1.54, 1.807) is 0 Å². The zero-order valence-electron chi connectivity index (χ0n) is 8.48. The zero-order chi connectivity index (χ0) is 10.2. The van der Waals surface area contributed by atoms with E-state index >= 15 is 0 Å². The number of aryl methyl sites for hydroxylation is 1. The summed E-state index contributed by atoms with van der Waals surface area (Å²) in [6.45, 7) is 5.18. The van der Waals surface area contributed by atoms with E-state index in [2.05, 4.69) is 0 Å². The SMILES string of the molecule is [2H]c1c(F)c(C)cc(O)c1C(C)C. The number of halogens is 1. The molecule has 0 bridgehead atoms. The molecule has 0 unspecified atom stereocenters. The topological polar surface area (TPSA) is 20.2 Å². The Balaban J connectivity index is 3.44. The Morgan fingerprint density at radius 3 is 2.67 bits per heavy atom. The van der Waals surface area contributed by atoms with Crippen LogP contribution in [0, 0.1) is 12.7 Å². The van der Waals surface area contributed by atoms with E-state index in [4.69, 9.17) is 1.37 Å². The summed E-state index contributed by atoms with van der Waals surface area (Å²) in [7, 11) is 0. The molecule has 0 saturated carbocycles. The van der Waals surface area contributed by atoms with Crippen LogP contribution >= 0.6 is 0 Å². The Morgan fingerprint density at radius 2 is 2.17 bits per heavy atom. The Bertz CT molecular complexity index is 334. The second kappa shape index (κ2) is 3.13. The molecule has 0 aliphatic heterocycles. The van der Waals surface area contributed by atoms with Gasteiger partial charge in [-0.25, -0.2) is 4.39 Å². The first kappa shape index (κ1) is 7.59. The van der Waals surface area contributed by atoms with Crippen LogP contribution in [0.5, 0.6) is 5.75 Å². The quantitative estimate of drug-likeness (QED) is 0.685. The molecule has 0 heterocycles. The normalized spacial score (nSPS) is 11.9. The van der Waals surface area contributed by atoms with Crippen molar-refractivity contribution in [2.75, 3.05) is 0 Å². The third-order valence-electron chi connectivity index (χ3n) is 1.80. The van der Waals surface area contributed by atoms with Crippen LogP contribution in [0.25, 0.3) is 0 Å². The molecule has 0 fully saturated rings. The maximum atomic E-state index is 13.2. The first-order valence-corrected chi connectivity index (χ1v) is 3.93. The van der Waals surface area contributed by atoms with E-state index in [0.717, 1.165) is 0 Å². The minimum absolute atomic E-state index is 0.0129. The highest BCUT2D eigenvalue weighted by Gasteiger charge is 2.08. The summed E-state index contributed by atoms with van der Waals surface area (Å²) >= 11 is 0. The average molecular weight is 169 g/mol. The van der Waals surface area contributed by atoms with Gasteiger partial charge in [0.15, 0.2) is 0 Å². The van der Waals surface area contributed by atoms with Crippen LogP contribution in [-0.4, -0.2) is 5.11 Å². The molecule has 0 aliphatic carbocycles. The summed E-state index contributed by atoms with van der Waals surface area (Å²) in [5.74, 6) is -0.567. The molecule has 1 rings (SSSR count). The van der Waals surface area contributed by atoms with E-state index < -0.39 is 5.82 Å². The highest BCUT2D eigenvalue weighted by atomic mass is 19.1. The third kappa shape index (κ3) is 1.58. The summed E-state index contributed by atoms with van der Waals surface area (Å²) < 4.78 is 20.7. The predicted octanol–water partition coefficient (Wildman–Crippen LogP) is 2.96. The van der Waals surface area contributed by atoms with Gasteiger partial charge in [0.05, 0.1) is 1.37 Å². The molecule has 1 aromatic carbocycles. The van der Waals surface area contributed by atoms with Gasteiger partial charge in [-0.1, -0.05) is 13.8 Å². The van der Waals surface area contributed by atoms with Gasteiger partial charge >= 0.3 is 0 Å². The van der Waals surface area contributed by atoms with Gasteiger partial charge in [-0.05, 0) is 36.1 Å². The summed E-state index contributed by atoms with van der Waals surface area (Å²) in [5.41, 5.74) is 0.690. The highest BCUT2D eigenvalue weighted by Crippen LogP contribution is 2.27. The minimum Gasteiger partial charge on any atom is -0.508 e.